The summed E-state index contributed by atoms with van der Waals surface area (Å²) in [6.07, 6.45) is 0.237. The first kappa shape index (κ1) is 22.0. The maximum absolute atomic E-state index is 12.3. The zero-order valence-electron chi connectivity index (χ0n) is 17.6. The van der Waals surface area contributed by atoms with Crippen LogP contribution in [-0.2, 0) is 20.7 Å². The highest BCUT2D eigenvalue weighted by Crippen LogP contribution is 2.26. The molecule has 2 aromatic carbocycles. The van der Waals surface area contributed by atoms with Gasteiger partial charge in [0.05, 0.1) is 12.6 Å². The van der Waals surface area contributed by atoms with Gasteiger partial charge in [0.2, 0.25) is 11.8 Å². The Kier molecular flexibility index (Phi) is 7.60. The summed E-state index contributed by atoms with van der Waals surface area (Å²) in [6, 6.07) is 16.6. The van der Waals surface area contributed by atoms with Crippen molar-refractivity contribution < 1.29 is 19.4 Å². The SMILES string of the molecule is CC(C)CN1C(=O)COCC1C(O)c1ccc(NC(=O)CCc2ccccc2)cc1. The highest BCUT2D eigenvalue weighted by molar-refractivity contribution is 5.90. The van der Waals surface area contributed by atoms with Crippen LogP contribution in [0.5, 0.6) is 0 Å². The molecule has 2 N–H and O–H groups in total. The molecular weight excluding hydrogens is 380 g/mol. The Labute approximate surface area is 177 Å². The number of nitrogens with one attached hydrogen (secondary N) is 1. The molecule has 2 aromatic rings. The molecule has 160 valence electrons. The quantitative estimate of drug-likeness (QED) is 0.701. The van der Waals surface area contributed by atoms with Crippen LogP contribution in [-0.4, -0.2) is 47.6 Å². The normalized spacial score (nSPS) is 17.8. The minimum Gasteiger partial charge on any atom is -0.386 e. The van der Waals surface area contributed by atoms with E-state index in [0.717, 1.165) is 5.56 Å². The van der Waals surface area contributed by atoms with Gasteiger partial charge >= 0.3 is 0 Å². The van der Waals surface area contributed by atoms with Crippen molar-refractivity contribution in [3.8, 4) is 0 Å². The lowest BCUT2D eigenvalue weighted by molar-refractivity contribution is -0.155. The highest BCUT2D eigenvalue weighted by Gasteiger charge is 2.34. The molecule has 1 saturated heterocycles. The van der Waals surface area contributed by atoms with Gasteiger partial charge in [-0.25, -0.2) is 0 Å². The Bertz CT molecular complexity index is 836. The van der Waals surface area contributed by atoms with Gasteiger partial charge < -0.3 is 20.1 Å². The van der Waals surface area contributed by atoms with Crippen LogP contribution in [0, 0.1) is 5.92 Å². The monoisotopic (exact) mass is 410 g/mol. The third-order valence-corrected chi connectivity index (χ3v) is 5.18. The average Bonchev–Trinajstić information content (AvgIpc) is 2.74. The number of hydrogen-bond donors (Lipinski definition) is 2. The number of aryl methyl sites for hydroxylation is 1. The maximum atomic E-state index is 12.3. The van der Waals surface area contributed by atoms with Crippen molar-refractivity contribution in [2.45, 2.75) is 38.8 Å². The molecule has 1 aliphatic rings. The number of amides is 2. The summed E-state index contributed by atoms with van der Waals surface area (Å²) < 4.78 is 5.38. The number of rotatable bonds is 8. The lowest BCUT2D eigenvalue weighted by Gasteiger charge is -2.39. The Morgan fingerprint density at radius 2 is 1.87 bits per heavy atom. The molecule has 2 atom stereocenters. The van der Waals surface area contributed by atoms with Crippen molar-refractivity contribution in [2.24, 2.45) is 5.92 Å². The van der Waals surface area contributed by atoms with Crippen LogP contribution in [0.3, 0.4) is 0 Å². The second kappa shape index (κ2) is 10.4. The summed E-state index contributed by atoms with van der Waals surface area (Å²) in [7, 11) is 0. The number of ether oxygens (including phenoxy) is 1. The van der Waals surface area contributed by atoms with Crippen LogP contribution in [0.2, 0.25) is 0 Å². The van der Waals surface area contributed by atoms with E-state index in [4.69, 9.17) is 4.74 Å². The van der Waals surface area contributed by atoms with Gasteiger partial charge in [0.15, 0.2) is 0 Å². The van der Waals surface area contributed by atoms with Gasteiger partial charge in [-0.15, -0.1) is 0 Å². The van der Waals surface area contributed by atoms with Crippen LogP contribution in [0.1, 0.15) is 37.5 Å². The number of carbonyl (C=O) groups excluding carboxylic acids is 2. The third-order valence-electron chi connectivity index (χ3n) is 5.18. The number of carbonyl (C=O) groups is 2. The lowest BCUT2D eigenvalue weighted by atomic mass is 9.99. The van der Waals surface area contributed by atoms with Crippen LogP contribution in [0.15, 0.2) is 54.6 Å². The molecule has 1 aliphatic heterocycles. The van der Waals surface area contributed by atoms with Gasteiger partial charge in [0.25, 0.3) is 0 Å². The summed E-state index contributed by atoms with van der Waals surface area (Å²) in [4.78, 5) is 26.2. The molecule has 0 aliphatic carbocycles. The van der Waals surface area contributed by atoms with Crippen molar-refractivity contribution in [1.82, 2.24) is 4.90 Å². The first-order chi connectivity index (χ1) is 14.4. The van der Waals surface area contributed by atoms with Crippen molar-refractivity contribution in [3.63, 3.8) is 0 Å². The van der Waals surface area contributed by atoms with E-state index in [1.165, 1.54) is 0 Å². The fourth-order valence-corrected chi connectivity index (χ4v) is 3.63. The topological polar surface area (TPSA) is 78.9 Å². The first-order valence-corrected chi connectivity index (χ1v) is 10.4. The summed E-state index contributed by atoms with van der Waals surface area (Å²) in [5.74, 6) is 0.151. The number of anilines is 1. The van der Waals surface area contributed by atoms with Crippen LogP contribution in [0.4, 0.5) is 5.69 Å². The van der Waals surface area contributed by atoms with E-state index in [9.17, 15) is 14.7 Å². The summed E-state index contributed by atoms with van der Waals surface area (Å²) in [5, 5.41) is 13.8. The lowest BCUT2D eigenvalue weighted by Crippen LogP contribution is -2.53. The molecule has 30 heavy (non-hydrogen) atoms. The van der Waals surface area contributed by atoms with E-state index in [1.807, 2.05) is 44.2 Å². The summed E-state index contributed by atoms with van der Waals surface area (Å²) in [6.45, 7) is 5.03. The Morgan fingerprint density at radius 3 is 2.53 bits per heavy atom. The van der Waals surface area contributed by atoms with E-state index in [1.54, 1.807) is 29.2 Å². The fourth-order valence-electron chi connectivity index (χ4n) is 3.63. The first-order valence-electron chi connectivity index (χ1n) is 10.4. The van der Waals surface area contributed by atoms with Gasteiger partial charge in [-0.05, 0) is 35.6 Å². The number of nitrogens with zero attached hydrogens (tertiary/aromatic N) is 1. The Balaban J connectivity index is 1.58. The Morgan fingerprint density at radius 1 is 1.17 bits per heavy atom. The molecule has 1 fully saturated rings. The molecule has 6 nitrogen and oxygen atoms in total. The number of aliphatic hydroxyl groups excluding tert-OH is 1. The van der Waals surface area contributed by atoms with E-state index in [2.05, 4.69) is 5.32 Å². The summed E-state index contributed by atoms with van der Waals surface area (Å²) in [5.41, 5.74) is 2.50. The minimum absolute atomic E-state index is 0.0541. The van der Waals surface area contributed by atoms with Crippen molar-refractivity contribution in [3.05, 3.63) is 65.7 Å². The predicted octanol–water partition coefficient (Wildman–Crippen LogP) is 3.17. The molecule has 0 bridgehead atoms. The van der Waals surface area contributed by atoms with E-state index in [-0.39, 0.29) is 18.4 Å². The Hall–Kier alpha value is -2.70. The van der Waals surface area contributed by atoms with Gasteiger partial charge in [-0.1, -0.05) is 56.3 Å². The molecule has 3 rings (SSSR count). The van der Waals surface area contributed by atoms with Gasteiger partial charge in [0.1, 0.15) is 12.7 Å². The number of benzene rings is 2. The van der Waals surface area contributed by atoms with E-state index in [0.29, 0.717) is 43.2 Å². The predicted molar refractivity (Wildman–Crippen MR) is 116 cm³/mol. The molecule has 2 amide bonds. The largest absolute Gasteiger partial charge is 0.386 e. The smallest absolute Gasteiger partial charge is 0.249 e. The second-order valence-electron chi connectivity index (χ2n) is 8.12. The second-order valence-corrected chi connectivity index (χ2v) is 8.12. The molecule has 0 radical (unpaired) electrons. The van der Waals surface area contributed by atoms with Gasteiger partial charge in [-0.2, -0.15) is 0 Å². The molecule has 6 heteroatoms. The third kappa shape index (κ3) is 5.90. The molecule has 0 aromatic heterocycles. The van der Waals surface area contributed by atoms with Gasteiger partial charge in [0, 0.05) is 18.7 Å². The number of aliphatic hydroxyl groups is 1. The van der Waals surface area contributed by atoms with Crippen LogP contribution < -0.4 is 5.32 Å². The standard InChI is InChI=1S/C24H30N2O4/c1-17(2)14-26-21(15-30-16-23(26)28)24(29)19-9-11-20(12-10-19)25-22(27)13-8-18-6-4-3-5-7-18/h3-7,9-12,17,21,24,29H,8,13-16H2,1-2H3,(H,25,27). The van der Waals surface area contributed by atoms with Crippen molar-refractivity contribution >= 4 is 17.5 Å². The maximum Gasteiger partial charge on any atom is 0.249 e. The zero-order valence-corrected chi connectivity index (χ0v) is 17.6. The minimum atomic E-state index is -0.851. The highest BCUT2D eigenvalue weighted by atomic mass is 16.5. The molecule has 0 saturated carbocycles. The molecular formula is C24H30N2O4. The fraction of sp³-hybridized carbons (Fsp3) is 0.417. The van der Waals surface area contributed by atoms with E-state index < -0.39 is 12.1 Å². The van der Waals surface area contributed by atoms with Crippen LogP contribution in [0.25, 0.3) is 0 Å². The summed E-state index contributed by atoms with van der Waals surface area (Å²) >= 11 is 0. The zero-order chi connectivity index (χ0) is 21.5. The number of morpholine rings is 1. The van der Waals surface area contributed by atoms with Crippen molar-refractivity contribution in [2.75, 3.05) is 25.1 Å². The van der Waals surface area contributed by atoms with Crippen LogP contribution >= 0.6 is 0 Å². The van der Waals surface area contributed by atoms with E-state index >= 15 is 0 Å². The molecule has 2 unspecified atom stereocenters. The molecule has 0 spiro atoms. The average molecular weight is 411 g/mol. The van der Waals surface area contributed by atoms with Crippen molar-refractivity contribution in [1.29, 1.82) is 0 Å². The number of hydrogen-bond acceptors (Lipinski definition) is 4. The van der Waals surface area contributed by atoms with Gasteiger partial charge in [-0.3, -0.25) is 9.59 Å². The molecule has 1 heterocycles.